The van der Waals surface area contributed by atoms with Gasteiger partial charge in [0.2, 0.25) is 0 Å². The van der Waals surface area contributed by atoms with Crippen LogP contribution in [0.15, 0.2) is 12.2 Å². The van der Waals surface area contributed by atoms with Crippen LogP contribution in [0.5, 0.6) is 0 Å². The first-order valence-electron chi connectivity index (χ1n) is 3.52. The standard InChI is InChI=1S/C8H16O2/c1-4-5-6-7-8(9-2)10-3/h4-5,8H,6-7H2,1-3H3. The van der Waals surface area contributed by atoms with Crippen LogP contribution in [0.1, 0.15) is 19.8 Å². The van der Waals surface area contributed by atoms with Gasteiger partial charge in [-0.25, -0.2) is 0 Å². The van der Waals surface area contributed by atoms with E-state index in [1.807, 2.05) is 13.0 Å². The Balaban J connectivity index is 3.25. The van der Waals surface area contributed by atoms with Crippen molar-refractivity contribution in [2.24, 2.45) is 0 Å². The van der Waals surface area contributed by atoms with Crippen LogP contribution in [-0.4, -0.2) is 20.5 Å². The topological polar surface area (TPSA) is 18.5 Å². The minimum atomic E-state index is -0.0452. The van der Waals surface area contributed by atoms with E-state index in [1.54, 1.807) is 14.2 Å². The van der Waals surface area contributed by atoms with Gasteiger partial charge in [0.1, 0.15) is 0 Å². The second kappa shape index (κ2) is 6.78. The summed E-state index contributed by atoms with van der Waals surface area (Å²) in [4.78, 5) is 0. The molecule has 0 spiro atoms. The van der Waals surface area contributed by atoms with Crippen molar-refractivity contribution in [1.29, 1.82) is 0 Å². The molecule has 0 N–H and O–H groups in total. The minimum Gasteiger partial charge on any atom is -0.356 e. The summed E-state index contributed by atoms with van der Waals surface area (Å²) in [6.45, 7) is 2.01. The predicted octanol–water partition coefficient (Wildman–Crippen LogP) is 1.96. The van der Waals surface area contributed by atoms with Crippen molar-refractivity contribution in [3.05, 3.63) is 12.2 Å². The molecule has 0 unspecified atom stereocenters. The molecule has 0 bridgehead atoms. The first kappa shape index (κ1) is 9.66. The molecule has 2 heteroatoms. The van der Waals surface area contributed by atoms with Gasteiger partial charge >= 0.3 is 0 Å². The highest BCUT2D eigenvalue weighted by molar-refractivity contribution is 4.76. The van der Waals surface area contributed by atoms with Gasteiger partial charge in [-0.3, -0.25) is 0 Å². The lowest BCUT2D eigenvalue weighted by Crippen LogP contribution is -2.11. The number of hydrogen-bond donors (Lipinski definition) is 0. The number of rotatable bonds is 5. The Kier molecular flexibility index (Phi) is 6.55. The van der Waals surface area contributed by atoms with Crippen LogP contribution in [-0.2, 0) is 9.47 Å². The number of allylic oxidation sites excluding steroid dienone is 2. The fourth-order valence-corrected chi connectivity index (χ4v) is 0.731. The predicted molar refractivity (Wildman–Crippen MR) is 41.9 cm³/mol. The van der Waals surface area contributed by atoms with E-state index in [0.29, 0.717) is 0 Å². The Morgan fingerprint density at radius 3 is 2.30 bits per heavy atom. The fourth-order valence-electron chi connectivity index (χ4n) is 0.731. The summed E-state index contributed by atoms with van der Waals surface area (Å²) < 4.78 is 9.98. The molecule has 0 aliphatic heterocycles. The van der Waals surface area contributed by atoms with Crippen LogP contribution in [0.2, 0.25) is 0 Å². The lowest BCUT2D eigenvalue weighted by atomic mass is 10.3. The molecule has 10 heavy (non-hydrogen) atoms. The van der Waals surface area contributed by atoms with E-state index >= 15 is 0 Å². The Morgan fingerprint density at radius 2 is 1.90 bits per heavy atom. The maximum Gasteiger partial charge on any atom is 0.157 e. The highest BCUT2D eigenvalue weighted by atomic mass is 16.7. The average molecular weight is 144 g/mol. The maximum absolute atomic E-state index is 4.99. The van der Waals surface area contributed by atoms with E-state index in [0.717, 1.165) is 12.8 Å². The third-order valence-corrected chi connectivity index (χ3v) is 1.33. The van der Waals surface area contributed by atoms with Crippen molar-refractivity contribution in [2.45, 2.75) is 26.1 Å². The summed E-state index contributed by atoms with van der Waals surface area (Å²) >= 11 is 0. The SMILES string of the molecule is CC=CCCC(OC)OC. The van der Waals surface area contributed by atoms with Crippen LogP contribution < -0.4 is 0 Å². The van der Waals surface area contributed by atoms with Crippen molar-refractivity contribution in [2.75, 3.05) is 14.2 Å². The van der Waals surface area contributed by atoms with Crippen LogP contribution in [0.25, 0.3) is 0 Å². The molecule has 0 aromatic carbocycles. The smallest absolute Gasteiger partial charge is 0.157 e. The Morgan fingerprint density at radius 1 is 1.30 bits per heavy atom. The summed E-state index contributed by atoms with van der Waals surface area (Å²) in [6, 6.07) is 0. The van der Waals surface area contributed by atoms with Crippen LogP contribution in [0.3, 0.4) is 0 Å². The molecule has 0 saturated carbocycles. The molecule has 0 rings (SSSR count). The molecule has 0 heterocycles. The van der Waals surface area contributed by atoms with E-state index in [1.165, 1.54) is 0 Å². The monoisotopic (exact) mass is 144 g/mol. The van der Waals surface area contributed by atoms with Crippen LogP contribution >= 0.6 is 0 Å². The number of hydrogen-bond acceptors (Lipinski definition) is 2. The lowest BCUT2D eigenvalue weighted by Gasteiger charge is -2.10. The van der Waals surface area contributed by atoms with E-state index in [4.69, 9.17) is 9.47 Å². The molecular formula is C8H16O2. The molecule has 2 nitrogen and oxygen atoms in total. The summed E-state index contributed by atoms with van der Waals surface area (Å²) in [5, 5.41) is 0. The molecule has 0 aliphatic carbocycles. The van der Waals surface area contributed by atoms with Gasteiger partial charge in [-0.1, -0.05) is 12.2 Å². The normalized spacial score (nSPS) is 11.6. The second-order valence-electron chi connectivity index (χ2n) is 2.05. The van der Waals surface area contributed by atoms with Crippen molar-refractivity contribution in [3.63, 3.8) is 0 Å². The molecular weight excluding hydrogens is 128 g/mol. The summed E-state index contributed by atoms with van der Waals surface area (Å²) in [6.07, 6.45) is 6.03. The zero-order valence-electron chi connectivity index (χ0n) is 6.96. The quantitative estimate of drug-likeness (QED) is 0.434. The molecule has 0 fully saturated rings. The van der Waals surface area contributed by atoms with Crippen LogP contribution in [0, 0.1) is 0 Å². The van der Waals surface area contributed by atoms with Crippen LogP contribution in [0.4, 0.5) is 0 Å². The van der Waals surface area contributed by atoms with Gasteiger partial charge in [0, 0.05) is 20.6 Å². The first-order valence-corrected chi connectivity index (χ1v) is 3.52. The second-order valence-corrected chi connectivity index (χ2v) is 2.05. The van der Waals surface area contributed by atoms with Crippen molar-refractivity contribution in [3.8, 4) is 0 Å². The Labute approximate surface area is 62.8 Å². The average Bonchev–Trinajstić information content (AvgIpc) is 1.99. The van der Waals surface area contributed by atoms with Gasteiger partial charge in [-0.15, -0.1) is 0 Å². The highest BCUT2D eigenvalue weighted by Crippen LogP contribution is 2.01. The summed E-state index contributed by atoms with van der Waals surface area (Å²) in [7, 11) is 3.31. The third-order valence-electron chi connectivity index (χ3n) is 1.33. The van der Waals surface area contributed by atoms with E-state index in [2.05, 4.69) is 6.08 Å². The van der Waals surface area contributed by atoms with Gasteiger partial charge in [0.15, 0.2) is 6.29 Å². The molecule has 0 saturated heterocycles. The van der Waals surface area contributed by atoms with Gasteiger partial charge in [-0.05, 0) is 13.3 Å². The Hall–Kier alpha value is -0.340. The van der Waals surface area contributed by atoms with Crippen molar-refractivity contribution >= 4 is 0 Å². The molecule has 0 aromatic heterocycles. The maximum atomic E-state index is 4.99. The summed E-state index contributed by atoms with van der Waals surface area (Å²) in [5.41, 5.74) is 0. The third kappa shape index (κ3) is 4.53. The molecule has 0 radical (unpaired) electrons. The van der Waals surface area contributed by atoms with Gasteiger partial charge in [-0.2, -0.15) is 0 Å². The van der Waals surface area contributed by atoms with E-state index in [-0.39, 0.29) is 6.29 Å². The largest absolute Gasteiger partial charge is 0.356 e. The molecule has 0 aromatic rings. The zero-order valence-corrected chi connectivity index (χ0v) is 6.96. The number of ether oxygens (including phenoxy) is 2. The fraction of sp³-hybridized carbons (Fsp3) is 0.750. The van der Waals surface area contributed by atoms with Gasteiger partial charge in [0.05, 0.1) is 0 Å². The molecule has 0 atom stereocenters. The molecule has 0 aliphatic rings. The minimum absolute atomic E-state index is 0.0452. The Bertz CT molecular complexity index is 85.3. The van der Waals surface area contributed by atoms with Gasteiger partial charge < -0.3 is 9.47 Å². The van der Waals surface area contributed by atoms with E-state index in [9.17, 15) is 0 Å². The van der Waals surface area contributed by atoms with E-state index < -0.39 is 0 Å². The molecule has 0 amide bonds. The van der Waals surface area contributed by atoms with Gasteiger partial charge in [0.25, 0.3) is 0 Å². The number of methoxy groups -OCH3 is 2. The zero-order chi connectivity index (χ0) is 7.82. The summed E-state index contributed by atoms with van der Waals surface area (Å²) in [5.74, 6) is 0. The molecule has 60 valence electrons. The van der Waals surface area contributed by atoms with Crippen molar-refractivity contribution < 1.29 is 9.47 Å². The lowest BCUT2D eigenvalue weighted by molar-refractivity contribution is -0.105. The van der Waals surface area contributed by atoms with Crippen molar-refractivity contribution in [1.82, 2.24) is 0 Å². The first-order chi connectivity index (χ1) is 4.85. The highest BCUT2D eigenvalue weighted by Gasteiger charge is 2.00.